The van der Waals surface area contributed by atoms with E-state index in [2.05, 4.69) is 25.8 Å². The van der Waals surface area contributed by atoms with Crippen LogP contribution in [-0.2, 0) is 0 Å². The van der Waals surface area contributed by atoms with Crippen LogP contribution in [0.1, 0.15) is 71.6 Å². The van der Waals surface area contributed by atoms with E-state index in [1.807, 2.05) is 0 Å². The molecule has 0 aromatic heterocycles. The molecule has 1 atom stereocenters. The molecule has 0 bridgehead atoms. The molecule has 1 unspecified atom stereocenters. The average Bonchev–Trinajstić information content (AvgIpc) is 2.39. The number of unbranched alkanes of at least 4 members (excludes halogenated alkanes) is 3. The first kappa shape index (κ1) is 16.0. The maximum atomic E-state index is 5.98. The van der Waals surface area contributed by atoms with E-state index < -0.39 is 0 Å². The van der Waals surface area contributed by atoms with Gasteiger partial charge >= 0.3 is 0 Å². The smallest absolute Gasteiger partial charge is 0.0218 e. The number of nitrogens with zero attached hydrogens (tertiary/aromatic N) is 1. The molecular formula is C16H34N2. The van der Waals surface area contributed by atoms with Crippen molar-refractivity contribution >= 4 is 0 Å². The summed E-state index contributed by atoms with van der Waals surface area (Å²) >= 11 is 0. The van der Waals surface area contributed by atoms with Gasteiger partial charge in [-0.05, 0) is 45.1 Å². The van der Waals surface area contributed by atoms with Crippen LogP contribution in [0.25, 0.3) is 0 Å². The summed E-state index contributed by atoms with van der Waals surface area (Å²) in [6, 6.07) is 1.40. The van der Waals surface area contributed by atoms with Gasteiger partial charge in [-0.2, -0.15) is 0 Å². The standard InChI is InChI=1S/C16H34N2/c1-4-5-6-7-8-16(13-17)18(3)15-11-9-14(2)10-12-15/h14-16H,4-13,17H2,1-3H3. The Bertz CT molecular complexity index is 197. The predicted octanol–water partition coefficient (Wildman–Crippen LogP) is 3.79. The van der Waals surface area contributed by atoms with Crippen molar-refractivity contribution in [1.29, 1.82) is 0 Å². The Labute approximate surface area is 114 Å². The van der Waals surface area contributed by atoms with Crippen molar-refractivity contribution in [2.75, 3.05) is 13.6 Å². The molecule has 1 aliphatic rings. The molecule has 0 spiro atoms. The van der Waals surface area contributed by atoms with Gasteiger partial charge in [0.25, 0.3) is 0 Å². The van der Waals surface area contributed by atoms with Crippen LogP contribution in [0.4, 0.5) is 0 Å². The molecule has 1 aliphatic carbocycles. The predicted molar refractivity (Wildman–Crippen MR) is 80.8 cm³/mol. The maximum absolute atomic E-state index is 5.98. The second kappa shape index (κ2) is 8.92. The molecule has 2 N–H and O–H groups in total. The van der Waals surface area contributed by atoms with Crippen LogP contribution in [0.5, 0.6) is 0 Å². The minimum Gasteiger partial charge on any atom is -0.329 e. The van der Waals surface area contributed by atoms with Gasteiger partial charge in [-0.15, -0.1) is 0 Å². The highest BCUT2D eigenvalue weighted by Gasteiger charge is 2.25. The third-order valence-electron chi connectivity index (χ3n) is 4.80. The summed E-state index contributed by atoms with van der Waals surface area (Å²) in [5, 5.41) is 0. The molecule has 0 amide bonds. The van der Waals surface area contributed by atoms with Gasteiger partial charge in [0.15, 0.2) is 0 Å². The summed E-state index contributed by atoms with van der Waals surface area (Å²) in [5.74, 6) is 0.940. The Hall–Kier alpha value is -0.0800. The normalized spacial score (nSPS) is 26.5. The monoisotopic (exact) mass is 254 g/mol. The largest absolute Gasteiger partial charge is 0.329 e. The van der Waals surface area contributed by atoms with Gasteiger partial charge in [-0.1, -0.05) is 39.5 Å². The first-order chi connectivity index (χ1) is 8.69. The van der Waals surface area contributed by atoms with E-state index in [4.69, 9.17) is 5.73 Å². The zero-order valence-electron chi connectivity index (χ0n) is 12.8. The lowest BCUT2D eigenvalue weighted by Gasteiger charge is -2.38. The molecule has 0 radical (unpaired) electrons. The molecule has 1 saturated carbocycles. The highest BCUT2D eigenvalue weighted by atomic mass is 15.2. The Kier molecular flexibility index (Phi) is 7.92. The molecule has 1 fully saturated rings. The molecular weight excluding hydrogens is 220 g/mol. The van der Waals surface area contributed by atoms with Gasteiger partial charge in [0, 0.05) is 18.6 Å². The number of hydrogen-bond acceptors (Lipinski definition) is 2. The topological polar surface area (TPSA) is 29.3 Å². The molecule has 1 rings (SSSR count). The van der Waals surface area contributed by atoms with Gasteiger partial charge in [0.1, 0.15) is 0 Å². The van der Waals surface area contributed by atoms with Crippen molar-refractivity contribution in [3.05, 3.63) is 0 Å². The van der Waals surface area contributed by atoms with Gasteiger partial charge in [0.2, 0.25) is 0 Å². The maximum Gasteiger partial charge on any atom is 0.0218 e. The molecule has 0 aromatic carbocycles. The summed E-state index contributed by atoms with van der Waals surface area (Å²) in [5.41, 5.74) is 5.98. The Morgan fingerprint density at radius 1 is 1.11 bits per heavy atom. The third-order valence-corrected chi connectivity index (χ3v) is 4.80. The number of likely N-dealkylation sites (N-methyl/N-ethyl adjacent to an activating group) is 1. The molecule has 0 aliphatic heterocycles. The van der Waals surface area contributed by atoms with Crippen molar-refractivity contribution in [2.24, 2.45) is 11.7 Å². The fourth-order valence-corrected chi connectivity index (χ4v) is 3.24. The average molecular weight is 254 g/mol. The minimum absolute atomic E-state index is 0.611. The molecule has 0 aromatic rings. The van der Waals surface area contributed by atoms with Crippen LogP contribution in [0, 0.1) is 5.92 Å². The Balaban J connectivity index is 2.29. The van der Waals surface area contributed by atoms with Gasteiger partial charge < -0.3 is 5.73 Å². The number of nitrogens with two attached hydrogens (primary N) is 1. The summed E-state index contributed by atoms with van der Waals surface area (Å²) in [6.45, 7) is 5.49. The van der Waals surface area contributed by atoms with E-state index in [0.29, 0.717) is 6.04 Å². The third kappa shape index (κ3) is 5.27. The quantitative estimate of drug-likeness (QED) is 0.668. The van der Waals surface area contributed by atoms with Crippen LogP contribution in [0.3, 0.4) is 0 Å². The van der Waals surface area contributed by atoms with Crippen LogP contribution >= 0.6 is 0 Å². The molecule has 0 saturated heterocycles. The van der Waals surface area contributed by atoms with E-state index in [9.17, 15) is 0 Å². The summed E-state index contributed by atoms with van der Waals surface area (Å²) in [6.07, 6.45) is 12.3. The molecule has 2 heteroatoms. The van der Waals surface area contributed by atoms with E-state index in [1.54, 1.807) is 0 Å². The fraction of sp³-hybridized carbons (Fsp3) is 1.00. The lowest BCUT2D eigenvalue weighted by molar-refractivity contribution is 0.119. The van der Waals surface area contributed by atoms with Crippen molar-refractivity contribution < 1.29 is 0 Å². The van der Waals surface area contributed by atoms with Crippen LogP contribution in [0.2, 0.25) is 0 Å². The highest BCUT2D eigenvalue weighted by Crippen LogP contribution is 2.28. The number of hydrogen-bond donors (Lipinski definition) is 1. The van der Waals surface area contributed by atoms with E-state index >= 15 is 0 Å². The fourth-order valence-electron chi connectivity index (χ4n) is 3.24. The zero-order valence-corrected chi connectivity index (χ0v) is 12.8. The van der Waals surface area contributed by atoms with Crippen LogP contribution < -0.4 is 5.73 Å². The lowest BCUT2D eigenvalue weighted by atomic mass is 9.86. The van der Waals surface area contributed by atoms with E-state index in [1.165, 1.54) is 57.8 Å². The first-order valence-corrected chi connectivity index (χ1v) is 8.11. The molecule has 108 valence electrons. The van der Waals surface area contributed by atoms with Crippen molar-refractivity contribution in [1.82, 2.24) is 4.90 Å². The second-order valence-electron chi connectivity index (χ2n) is 6.32. The second-order valence-corrected chi connectivity index (χ2v) is 6.32. The van der Waals surface area contributed by atoms with Crippen molar-refractivity contribution in [3.8, 4) is 0 Å². The molecule has 0 heterocycles. The van der Waals surface area contributed by atoms with Crippen LogP contribution in [-0.4, -0.2) is 30.6 Å². The summed E-state index contributed by atoms with van der Waals surface area (Å²) in [7, 11) is 2.30. The zero-order chi connectivity index (χ0) is 13.4. The van der Waals surface area contributed by atoms with E-state index in [-0.39, 0.29) is 0 Å². The summed E-state index contributed by atoms with van der Waals surface area (Å²) in [4.78, 5) is 2.60. The number of rotatable bonds is 8. The molecule has 18 heavy (non-hydrogen) atoms. The first-order valence-electron chi connectivity index (χ1n) is 8.11. The molecule has 2 nitrogen and oxygen atoms in total. The van der Waals surface area contributed by atoms with E-state index in [0.717, 1.165) is 18.5 Å². The van der Waals surface area contributed by atoms with Crippen molar-refractivity contribution in [3.63, 3.8) is 0 Å². The Morgan fingerprint density at radius 3 is 2.33 bits per heavy atom. The van der Waals surface area contributed by atoms with Gasteiger partial charge in [0.05, 0.1) is 0 Å². The highest BCUT2D eigenvalue weighted by molar-refractivity contribution is 4.81. The summed E-state index contributed by atoms with van der Waals surface area (Å²) < 4.78 is 0. The van der Waals surface area contributed by atoms with Crippen LogP contribution in [0.15, 0.2) is 0 Å². The minimum atomic E-state index is 0.611. The van der Waals surface area contributed by atoms with Crippen molar-refractivity contribution in [2.45, 2.75) is 83.7 Å². The SMILES string of the molecule is CCCCCCC(CN)N(C)C1CCC(C)CC1. The van der Waals surface area contributed by atoms with Gasteiger partial charge in [-0.3, -0.25) is 4.90 Å². The van der Waals surface area contributed by atoms with Gasteiger partial charge in [-0.25, -0.2) is 0 Å². The Morgan fingerprint density at radius 2 is 1.78 bits per heavy atom. The lowest BCUT2D eigenvalue weighted by Crippen LogP contribution is -2.45.